The van der Waals surface area contributed by atoms with Crippen LogP contribution >= 0.6 is 27.5 Å². The van der Waals surface area contributed by atoms with E-state index in [0.29, 0.717) is 0 Å². The normalized spacial score (nSPS) is 15.5. The number of halogens is 2. The van der Waals surface area contributed by atoms with Gasteiger partial charge in [0.25, 0.3) is 3.12 Å². The SMILES string of the molecule is Cc1ccc(C(=O)C(Cl)(Br)S(C)(=O)=O)cc1. The summed E-state index contributed by atoms with van der Waals surface area (Å²) in [4.78, 5) is 11.9. The van der Waals surface area contributed by atoms with E-state index >= 15 is 0 Å². The highest BCUT2D eigenvalue weighted by atomic mass is 79.9. The Balaban J connectivity index is 3.18. The molecule has 0 N–H and O–H groups in total. The quantitative estimate of drug-likeness (QED) is 0.634. The third-order valence-corrected chi connectivity index (χ3v) is 6.30. The number of alkyl halides is 2. The lowest BCUT2D eigenvalue weighted by molar-refractivity contribution is 0.1000. The Morgan fingerprint density at radius 1 is 1.31 bits per heavy atom. The highest BCUT2D eigenvalue weighted by Crippen LogP contribution is 2.33. The Morgan fingerprint density at radius 3 is 2.12 bits per heavy atom. The topological polar surface area (TPSA) is 51.2 Å². The van der Waals surface area contributed by atoms with Crippen LogP contribution in [0.1, 0.15) is 15.9 Å². The molecular weight excluding hydrogens is 316 g/mol. The molecule has 1 aromatic rings. The largest absolute Gasteiger partial charge is 0.290 e. The maximum Gasteiger partial charge on any atom is 0.261 e. The zero-order valence-corrected chi connectivity index (χ0v) is 11.9. The van der Waals surface area contributed by atoms with Crippen LogP contribution in [0.2, 0.25) is 0 Å². The van der Waals surface area contributed by atoms with Gasteiger partial charge < -0.3 is 0 Å². The minimum Gasteiger partial charge on any atom is -0.290 e. The summed E-state index contributed by atoms with van der Waals surface area (Å²) in [5, 5.41) is 0. The van der Waals surface area contributed by atoms with Gasteiger partial charge in [-0.1, -0.05) is 41.4 Å². The fraction of sp³-hybridized carbons (Fsp3) is 0.300. The molecule has 0 saturated carbocycles. The molecule has 6 heteroatoms. The van der Waals surface area contributed by atoms with Crippen LogP contribution in [-0.2, 0) is 9.84 Å². The van der Waals surface area contributed by atoms with Gasteiger partial charge in [-0.2, -0.15) is 0 Å². The first kappa shape index (κ1) is 13.7. The zero-order chi connectivity index (χ0) is 12.6. The average Bonchev–Trinajstić information content (AvgIpc) is 2.16. The third-order valence-electron chi connectivity index (χ3n) is 2.04. The monoisotopic (exact) mass is 324 g/mol. The van der Waals surface area contributed by atoms with Crippen molar-refractivity contribution in [1.29, 1.82) is 0 Å². The number of Topliss-reactive ketones (excluding diaryl/α,β-unsaturated/α-hetero) is 1. The Hall–Kier alpha value is -0.390. The molecule has 0 aliphatic carbocycles. The minimum absolute atomic E-state index is 0.253. The summed E-state index contributed by atoms with van der Waals surface area (Å²) < 4.78 is 20.6. The number of carbonyl (C=O) groups excluding carboxylic acids is 1. The van der Waals surface area contributed by atoms with Crippen molar-refractivity contribution in [2.45, 2.75) is 10.0 Å². The van der Waals surface area contributed by atoms with Crippen molar-refractivity contribution in [3.8, 4) is 0 Å². The molecule has 0 aliphatic rings. The minimum atomic E-state index is -3.73. The lowest BCUT2D eigenvalue weighted by Gasteiger charge is -2.16. The molecular formula is C10H10BrClO3S. The number of benzene rings is 1. The molecule has 1 rings (SSSR count). The number of hydrogen-bond donors (Lipinski definition) is 0. The third kappa shape index (κ3) is 2.64. The molecule has 0 bridgehead atoms. The van der Waals surface area contributed by atoms with E-state index in [4.69, 9.17) is 11.6 Å². The highest BCUT2D eigenvalue weighted by Gasteiger charge is 2.44. The van der Waals surface area contributed by atoms with E-state index in [1.54, 1.807) is 24.3 Å². The number of carbonyl (C=O) groups is 1. The van der Waals surface area contributed by atoms with Crippen molar-refractivity contribution in [2.75, 3.05) is 6.26 Å². The number of rotatable bonds is 3. The fourth-order valence-electron chi connectivity index (χ4n) is 1.04. The molecule has 0 heterocycles. The Labute approximate surface area is 108 Å². The van der Waals surface area contributed by atoms with Gasteiger partial charge in [0.05, 0.1) is 0 Å². The van der Waals surface area contributed by atoms with Gasteiger partial charge in [-0.05, 0) is 22.9 Å². The van der Waals surface area contributed by atoms with Crippen molar-refractivity contribution in [1.82, 2.24) is 0 Å². The van der Waals surface area contributed by atoms with Gasteiger partial charge in [-0.3, -0.25) is 4.79 Å². The lowest BCUT2D eigenvalue weighted by atomic mass is 10.1. The van der Waals surface area contributed by atoms with E-state index in [-0.39, 0.29) is 5.56 Å². The Kier molecular flexibility index (Phi) is 3.82. The first-order valence-electron chi connectivity index (χ1n) is 4.35. The second-order valence-electron chi connectivity index (χ2n) is 3.48. The van der Waals surface area contributed by atoms with Gasteiger partial charge in [-0.25, -0.2) is 8.42 Å². The van der Waals surface area contributed by atoms with Crippen LogP contribution < -0.4 is 0 Å². The molecule has 0 radical (unpaired) electrons. The van der Waals surface area contributed by atoms with E-state index in [9.17, 15) is 13.2 Å². The molecule has 3 nitrogen and oxygen atoms in total. The van der Waals surface area contributed by atoms with Crippen molar-refractivity contribution >= 4 is 43.2 Å². The molecule has 0 aromatic heterocycles. The molecule has 1 aromatic carbocycles. The van der Waals surface area contributed by atoms with Gasteiger partial charge in [0.15, 0.2) is 9.84 Å². The van der Waals surface area contributed by atoms with Crippen LogP contribution in [0.4, 0.5) is 0 Å². The molecule has 1 atom stereocenters. The lowest BCUT2D eigenvalue weighted by Crippen LogP contribution is -2.34. The second-order valence-corrected chi connectivity index (χ2v) is 8.60. The van der Waals surface area contributed by atoms with E-state index < -0.39 is 18.7 Å². The van der Waals surface area contributed by atoms with E-state index in [0.717, 1.165) is 11.8 Å². The average molecular weight is 326 g/mol. The molecule has 0 spiro atoms. The van der Waals surface area contributed by atoms with Gasteiger partial charge >= 0.3 is 0 Å². The maximum atomic E-state index is 11.9. The van der Waals surface area contributed by atoms with Crippen molar-refractivity contribution in [3.05, 3.63) is 35.4 Å². The molecule has 0 fully saturated rings. The van der Waals surface area contributed by atoms with Gasteiger partial charge in [0, 0.05) is 11.8 Å². The first-order chi connectivity index (χ1) is 7.16. The first-order valence-corrected chi connectivity index (χ1v) is 7.41. The Bertz CT molecular complexity index is 505. The summed E-state index contributed by atoms with van der Waals surface area (Å²) in [5.74, 6) is -0.684. The smallest absolute Gasteiger partial charge is 0.261 e. The summed E-state index contributed by atoms with van der Waals surface area (Å²) >= 11 is 8.47. The maximum absolute atomic E-state index is 11.9. The summed E-state index contributed by atoms with van der Waals surface area (Å²) in [6.07, 6.45) is 0.904. The summed E-state index contributed by atoms with van der Waals surface area (Å²) in [7, 11) is -3.73. The van der Waals surface area contributed by atoms with Crippen molar-refractivity contribution in [2.24, 2.45) is 0 Å². The van der Waals surface area contributed by atoms with Crippen LogP contribution in [0.25, 0.3) is 0 Å². The molecule has 0 aliphatic heterocycles. The summed E-state index contributed by atoms with van der Waals surface area (Å²) in [5.41, 5.74) is 1.23. The molecule has 88 valence electrons. The summed E-state index contributed by atoms with van der Waals surface area (Å²) in [6, 6.07) is 6.52. The predicted molar refractivity (Wildman–Crippen MR) is 67.9 cm³/mol. The van der Waals surface area contributed by atoms with Gasteiger partial charge in [0.1, 0.15) is 0 Å². The van der Waals surface area contributed by atoms with Crippen LogP contribution in [0.5, 0.6) is 0 Å². The number of sulfone groups is 1. The van der Waals surface area contributed by atoms with E-state index in [1.165, 1.54) is 0 Å². The van der Waals surface area contributed by atoms with Crippen LogP contribution in [-0.4, -0.2) is 23.6 Å². The van der Waals surface area contributed by atoms with Gasteiger partial charge in [-0.15, -0.1) is 0 Å². The second kappa shape index (κ2) is 4.47. The van der Waals surface area contributed by atoms with Gasteiger partial charge in [0.2, 0.25) is 5.78 Å². The Morgan fingerprint density at radius 2 is 1.75 bits per heavy atom. The molecule has 16 heavy (non-hydrogen) atoms. The fourth-order valence-corrected chi connectivity index (χ4v) is 1.83. The standard InChI is InChI=1S/C10H10BrClO3S/c1-7-3-5-8(6-4-7)9(13)10(11,12)16(2,14)15/h3-6H,1-2H3. The highest BCUT2D eigenvalue weighted by molar-refractivity contribution is 9.12. The van der Waals surface area contributed by atoms with Crippen molar-refractivity contribution in [3.63, 3.8) is 0 Å². The zero-order valence-electron chi connectivity index (χ0n) is 8.70. The van der Waals surface area contributed by atoms with E-state index in [2.05, 4.69) is 15.9 Å². The molecule has 0 saturated heterocycles. The molecule has 1 unspecified atom stereocenters. The number of ketones is 1. The van der Waals surface area contributed by atoms with E-state index in [1.807, 2.05) is 6.92 Å². The number of aryl methyl sites for hydroxylation is 1. The van der Waals surface area contributed by atoms with Crippen LogP contribution in [0, 0.1) is 6.92 Å². The number of hydrogen-bond acceptors (Lipinski definition) is 3. The van der Waals surface area contributed by atoms with Crippen LogP contribution in [0.3, 0.4) is 0 Å². The molecule has 0 amide bonds. The predicted octanol–water partition coefficient (Wildman–Crippen LogP) is 2.51. The summed E-state index contributed by atoms with van der Waals surface area (Å²) in [6.45, 7) is 1.87. The van der Waals surface area contributed by atoms with Crippen molar-refractivity contribution < 1.29 is 13.2 Å². The van der Waals surface area contributed by atoms with Crippen LogP contribution in [0.15, 0.2) is 24.3 Å².